The van der Waals surface area contributed by atoms with E-state index in [2.05, 4.69) is 32.3 Å². The first-order valence-electron chi connectivity index (χ1n) is 8.57. The van der Waals surface area contributed by atoms with E-state index in [1.165, 1.54) is 0 Å². The lowest BCUT2D eigenvalue weighted by atomic mass is 10.2. The highest BCUT2D eigenvalue weighted by Gasteiger charge is 2.15. The Morgan fingerprint density at radius 3 is 2.84 bits per heavy atom. The molecule has 4 heterocycles. The van der Waals surface area contributed by atoms with Gasteiger partial charge in [-0.3, -0.25) is 9.25 Å². The monoisotopic (exact) mass is 339 g/mol. The first-order chi connectivity index (χ1) is 12.3. The fourth-order valence-electron chi connectivity index (χ4n) is 2.92. The standard InChI is InChI=1S/C17H21N7O/c1-2-23-12-14(10-22-23)24-6-5-18-16(24)13-8-19-17(20-9-13)21-11-15-4-3-7-25-15/h5-6,8-10,12,15H,2-4,7,11H2,1H3,(H,19,20,21). The van der Waals surface area contributed by atoms with Crippen LogP contribution in [-0.2, 0) is 11.3 Å². The lowest BCUT2D eigenvalue weighted by Crippen LogP contribution is -2.19. The Morgan fingerprint density at radius 1 is 1.24 bits per heavy atom. The highest BCUT2D eigenvalue weighted by molar-refractivity contribution is 5.56. The fraction of sp³-hybridized carbons (Fsp3) is 0.412. The quantitative estimate of drug-likeness (QED) is 0.741. The van der Waals surface area contributed by atoms with Crippen molar-refractivity contribution in [3.05, 3.63) is 37.2 Å². The van der Waals surface area contributed by atoms with Crippen molar-refractivity contribution in [2.45, 2.75) is 32.4 Å². The van der Waals surface area contributed by atoms with E-state index in [0.717, 1.165) is 49.6 Å². The molecule has 0 radical (unpaired) electrons. The van der Waals surface area contributed by atoms with E-state index in [1.54, 1.807) is 18.6 Å². The molecule has 3 aromatic rings. The van der Waals surface area contributed by atoms with Crippen molar-refractivity contribution in [3.63, 3.8) is 0 Å². The van der Waals surface area contributed by atoms with E-state index in [1.807, 2.05) is 27.8 Å². The summed E-state index contributed by atoms with van der Waals surface area (Å²) >= 11 is 0. The molecule has 8 heteroatoms. The fourth-order valence-corrected chi connectivity index (χ4v) is 2.92. The van der Waals surface area contributed by atoms with Crippen molar-refractivity contribution in [2.75, 3.05) is 18.5 Å². The number of nitrogens with one attached hydrogen (secondary N) is 1. The van der Waals surface area contributed by atoms with Crippen LogP contribution in [0.1, 0.15) is 19.8 Å². The van der Waals surface area contributed by atoms with Crippen LogP contribution in [0.4, 0.5) is 5.95 Å². The zero-order chi connectivity index (χ0) is 17.1. The Hall–Kier alpha value is -2.74. The number of nitrogens with zero attached hydrogens (tertiary/aromatic N) is 6. The van der Waals surface area contributed by atoms with Gasteiger partial charge in [-0.15, -0.1) is 0 Å². The second-order valence-corrected chi connectivity index (χ2v) is 5.99. The van der Waals surface area contributed by atoms with Crippen molar-refractivity contribution in [3.8, 4) is 17.1 Å². The summed E-state index contributed by atoms with van der Waals surface area (Å²) < 4.78 is 9.46. The van der Waals surface area contributed by atoms with Crippen molar-refractivity contribution in [1.29, 1.82) is 0 Å². The van der Waals surface area contributed by atoms with Crippen LogP contribution in [0.25, 0.3) is 17.1 Å². The van der Waals surface area contributed by atoms with Gasteiger partial charge in [0.15, 0.2) is 0 Å². The van der Waals surface area contributed by atoms with Crippen LogP contribution in [-0.4, -0.2) is 48.6 Å². The highest BCUT2D eigenvalue weighted by Crippen LogP contribution is 2.20. The van der Waals surface area contributed by atoms with Crippen LogP contribution in [0.5, 0.6) is 0 Å². The summed E-state index contributed by atoms with van der Waals surface area (Å²) in [5.41, 5.74) is 1.83. The maximum Gasteiger partial charge on any atom is 0.222 e. The number of imidazole rings is 1. The zero-order valence-electron chi connectivity index (χ0n) is 14.2. The normalized spacial score (nSPS) is 17.1. The van der Waals surface area contributed by atoms with E-state index >= 15 is 0 Å². The van der Waals surface area contributed by atoms with Gasteiger partial charge in [0.05, 0.1) is 23.6 Å². The largest absolute Gasteiger partial charge is 0.376 e. The maximum atomic E-state index is 5.59. The minimum absolute atomic E-state index is 0.261. The molecule has 130 valence electrons. The van der Waals surface area contributed by atoms with Gasteiger partial charge in [0.2, 0.25) is 5.95 Å². The third-order valence-electron chi connectivity index (χ3n) is 4.28. The summed E-state index contributed by atoms with van der Waals surface area (Å²) in [4.78, 5) is 13.2. The predicted molar refractivity (Wildman–Crippen MR) is 93.5 cm³/mol. The van der Waals surface area contributed by atoms with Gasteiger partial charge in [-0.2, -0.15) is 5.10 Å². The van der Waals surface area contributed by atoms with Crippen molar-refractivity contribution in [2.24, 2.45) is 0 Å². The number of aryl methyl sites for hydroxylation is 1. The average Bonchev–Trinajstić information content (AvgIpc) is 3.41. The second kappa shape index (κ2) is 7.02. The lowest BCUT2D eigenvalue weighted by Gasteiger charge is -2.10. The lowest BCUT2D eigenvalue weighted by molar-refractivity contribution is 0.120. The summed E-state index contributed by atoms with van der Waals surface area (Å²) in [7, 11) is 0. The number of anilines is 1. The highest BCUT2D eigenvalue weighted by atomic mass is 16.5. The smallest absolute Gasteiger partial charge is 0.222 e. The predicted octanol–water partition coefficient (Wildman–Crippen LogP) is 2.14. The molecule has 0 amide bonds. The first-order valence-corrected chi connectivity index (χ1v) is 8.57. The summed E-state index contributed by atoms with van der Waals surface area (Å²) in [6.45, 7) is 4.48. The van der Waals surface area contributed by atoms with Crippen molar-refractivity contribution >= 4 is 5.95 Å². The summed E-state index contributed by atoms with van der Waals surface area (Å²) in [6.07, 6.45) is 13.5. The van der Waals surface area contributed by atoms with Crippen LogP contribution >= 0.6 is 0 Å². The second-order valence-electron chi connectivity index (χ2n) is 5.99. The van der Waals surface area contributed by atoms with Crippen LogP contribution in [0.15, 0.2) is 37.2 Å². The maximum absolute atomic E-state index is 5.59. The van der Waals surface area contributed by atoms with Gasteiger partial charge in [-0.1, -0.05) is 0 Å². The molecular formula is C17H21N7O. The van der Waals surface area contributed by atoms with E-state index in [4.69, 9.17) is 4.74 Å². The average molecular weight is 339 g/mol. The summed E-state index contributed by atoms with van der Waals surface area (Å²) in [5, 5.41) is 7.55. The molecule has 0 aromatic carbocycles. The van der Waals surface area contributed by atoms with Gasteiger partial charge < -0.3 is 10.1 Å². The molecule has 8 nitrogen and oxygen atoms in total. The molecule has 4 rings (SSSR count). The SMILES string of the molecule is CCn1cc(-n2ccnc2-c2cnc(NCC3CCCO3)nc2)cn1. The molecule has 1 unspecified atom stereocenters. The Kier molecular flexibility index (Phi) is 4.43. The molecule has 1 aliphatic heterocycles. The molecule has 1 fully saturated rings. The van der Waals surface area contributed by atoms with Crippen LogP contribution in [0.3, 0.4) is 0 Å². The Balaban J connectivity index is 1.49. The van der Waals surface area contributed by atoms with Gasteiger partial charge in [0.1, 0.15) is 5.82 Å². The number of ether oxygens (including phenoxy) is 1. The van der Waals surface area contributed by atoms with E-state index in [-0.39, 0.29) is 6.10 Å². The molecule has 1 atom stereocenters. The molecule has 0 saturated carbocycles. The minimum Gasteiger partial charge on any atom is -0.376 e. The molecule has 1 aliphatic rings. The zero-order valence-corrected chi connectivity index (χ0v) is 14.2. The summed E-state index contributed by atoms with van der Waals surface area (Å²) in [5.74, 6) is 1.40. The third-order valence-corrected chi connectivity index (χ3v) is 4.28. The molecule has 3 aromatic heterocycles. The molecule has 0 spiro atoms. The van der Waals surface area contributed by atoms with E-state index < -0.39 is 0 Å². The number of aromatic nitrogens is 6. The first kappa shape index (κ1) is 15.8. The Bertz CT molecular complexity index is 818. The number of hydrogen-bond acceptors (Lipinski definition) is 6. The van der Waals surface area contributed by atoms with Gasteiger partial charge in [-0.05, 0) is 19.8 Å². The van der Waals surface area contributed by atoms with Crippen molar-refractivity contribution in [1.82, 2.24) is 29.3 Å². The van der Waals surface area contributed by atoms with Gasteiger partial charge in [0.25, 0.3) is 0 Å². The molecular weight excluding hydrogens is 318 g/mol. The van der Waals surface area contributed by atoms with Crippen LogP contribution < -0.4 is 5.32 Å². The third kappa shape index (κ3) is 3.39. The minimum atomic E-state index is 0.261. The van der Waals surface area contributed by atoms with E-state index in [0.29, 0.717) is 5.95 Å². The molecule has 0 bridgehead atoms. The molecule has 1 N–H and O–H groups in total. The summed E-state index contributed by atoms with van der Waals surface area (Å²) in [6, 6.07) is 0. The number of hydrogen-bond donors (Lipinski definition) is 1. The molecule has 1 saturated heterocycles. The van der Waals surface area contributed by atoms with Gasteiger partial charge in [-0.25, -0.2) is 15.0 Å². The Labute approximate surface area is 145 Å². The Morgan fingerprint density at radius 2 is 2.12 bits per heavy atom. The van der Waals surface area contributed by atoms with Crippen LogP contribution in [0.2, 0.25) is 0 Å². The molecule has 0 aliphatic carbocycles. The number of rotatable bonds is 6. The molecule has 25 heavy (non-hydrogen) atoms. The van der Waals surface area contributed by atoms with Crippen molar-refractivity contribution < 1.29 is 4.74 Å². The topological polar surface area (TPSA) is 82.7 Å². The van der Waals surface area contributed by atoms with Gasteiger partial charge in [0, 0.05) is 50.7 Å². The van der Waals surface area contributed by atoms with Gasteiger partial charge >= 0.3 is 0 Å². The van der Waals surface area contributed by atoms with Crippen LogP contribution in [0, 0.1) is 0 Å². The van der Waals surface area contributed by atoms with E-state index in [9.17, 15) is 0 Å².